The lowest BCUT2D eigenvalue weighted by Crippen LogP contribution is -2.51. The van der Waals surface area contributed by atoms with Gasteiger partial charge in [-0.05, 0) is 35.9 Å². The van der Waals surface area contributed by atoms with Crippen LogP contribution < -0.4 is 0 Å². The molecule has 0 heterocycles. The summed E-state index contributed by atoms with van der Waals surface area (Å²) in [7, 11) is -2.09. The Morgan fingerprint density at radius 1 is 1.04 bits per heavy atom. The lowest BCUT2D eigenvalue weighted by Gasteiger charge is -2.45. The Balaban J connectivity index is 5.26. The summed E-state index contributed by atoms with van der Waals surface area (Å²) < 4.78 is 11.5. The highest BCUT2D eigenvalue weighted by atomic mass is 28.4. The van der Waals surface area contributed by atoms with Crippen LogP contribution in [0.5, 0.6) is 0 Å². The topological polar surface area (TPSA) is 76.0 Å². The van der Waals surface area contributed by atoms with Crippen LogP contribution in [0.15, 0.2) is 12.7 Å². The van der Waals surface area contributed by atoms with Gasteiger partial charge in [0.25, 0.3) is 0 Å². The van der Waals surface area contributed by atoms with E-state index in [4.69, 9.17) is 9.16 Å². The highest BCUT2D eigenvalue weighted by Crippen LogP contribution is 2.44. The summed E-state index contributed by atoms with van der Waals surface area (Å²) in [6.07, 6.45) is -0.954. The number of hydrogen-bond acceptors (Lipinski definition) is 5. The molecule has 0 amide bonds. The van der Waals surface area contributed by atoms with Gasteiger partial charge >= 0.3 is 5.97 Å². The van der Waals surface area contributed by atoms with Crippen LogP contribution in [0.4, 0.5) is 0 Å². The predicted octanol–water partition coefficient (Wildman–Crippen LogP) is 4.04. The molecule has 0 unspecified atom stereocenters. The number of hydrogen-bond donors (Lipinski definition) is 2. The van der Waals surface area contributed by atoms with Gasteiger partial charge in [-0.3, -0.25) is 0 Å². The van der Waals surface area contributed by atoms with Gasteiger partial charge in [-0.15, -0.1) is 6.58 Å². The molecule has 4 atom stereocenters. The first-order valence-electron chi connectivity index (χ1n) is 9.78. The molecule has 0 aliphatic heterocycles. The van der Waals surface area contributed by atoms with Gasteiger partial charge in [-0.1, -0.05) is 54.5 Å². The van der Waals surface area contributed by atoms with Crippen LogP contribution in [0, 0.1) is 5.92 Å². The van der Waals surface area contributed by atoms with E-state index in [-0.39, 0.29) is 25.0 Å². The fourth-order valence-electron chi connectivity index (χ4n) is 4.07. The minimum atomic E-state index is -2.09. The molecular weight excluding hydrogens is 348 g/mol. The van der Waals surface area contributed by atoms with E-state index in [1.165, 1.54) is 0 Å². The average molecular weight is 389 g/mol. The standard InChI is InChI=1S/C20H40O5Si/c1-10-18(25-26(13(3)4,14(5)6)15(7)8)16(9)12-17(21)19(22)20(23)24-11-2/h10,13-19,21-22H,1,11-12H2,2-9H3/t16-,17-,18-,19+/m0/s1. The van der Waals surface area contributed by atoms with Gasteiger partial charge in [0.1, 0.15) is 0 Å². The van der Waals surface area contributed by atoms with E-state index in [1.54, 1.807) is 13.0 Å². The third kappa shape index (κ3) is 6.18. The zero-order valence-corrected chi connectivity index (χ0v) is 18.9. The molecule has 6 heteroatoms. The van der Waals surface area contributed by atoms with Crippen molar-refractivity contribution >= 4 is 14.3 Å². The maximum atomic E-state index is 11.6. The molecule has 0 bridgehead atoms. The Labute approximate surface area is 160 Å². The normalized spacial score (nSPS) is 17.3. The summed E-state index contributed by atoms with van der Waals surface area (Å²) in [5.41, 5.74) is 1.31. The van der Waals surface area contributed by atoms with Crippen LogP contribution in [0.1, 0.15) is 61.8 Å². The van der Waals surface area contributed by atoms with E-state index in [1.807, 2.05) is 6.92 Å². The van der Waals surface area contributed by atoms with E-state index < -0.39 is 26.5 Å². The first-order valence-corrected chi connectivity index (χ1v) is 11.9. The molecule has 0 aromatic heterocycles. The predicted molar refractivity (Wildman–Crippen MR) is 109 cm³/mol. The minimum Gasteiger partial charge on any atom is -0.464 e. The highest BCUT2D eigenvalue weighted by Gasteiger charge is 2.47. The van der Waals surface area contributed by atoms with Crippen molar-refractivity contribution in [2.75, 3.05) is 6.61 Å². The van der Waals surface area contributed by atoms with Gasteiger partial charge in [0.15, 0.2) is 6.10 Å². The van der Waals surface area contributed by atoms with E-state index in [9.17, 15) is 15.0 Å². The Bertz CT molecular complexity index is 414. The molecule has 0 radical (unpaired) electrons. The van der Waals surface area contributed by atoms with Crippen molar-refractivity contribution in [3.8, 4) is 0 Å². The number of rotatable bonds is 12. The Hall–Kier alpha value is -0.693. The summed E-state index contributed by atoms with van der Waals surface area (Å²) in [6.45, 7) is 21.0. The summed E-state index contributed by atoms with van der Waals surface area (Å²) in [5.74, 6) is -0.881. The molecule has 0 aromatic rings. The lowest BCUT2D eigenvalue weighted by molar-refractivity contribution is -0.160. The minimum absolute atomic E-state index is 0.0882. The number of aliphatic hydroxyl groups excluding tert-OH is 2. The van der Waals surface area contributed by atoms with Gasteiger partial charge in [0.05, 0.1) is 18.8 Å². The van der Waals surface area contributed by atoms with Crippen molar-refractivity contribution in [2.24, 2.45) is 5.92 Å². The van der Waals surface area contributed by atoms with Crippen LogP contribution >= 0.6 is 0 Å². The van der Waals surface area contributed by atoms with E-state index in [0.29, 0.717) is 16.6 Å². The van der Waals surface area contributed by atoms with Crippen molar-refractivity contribution in [3.63, 3.8) is 0 Å². The lowest BCUT2D eigenvalue weighted by atomic mass is 9.95. The molecule has 0 aliphatic carbocycles. The molecule has 0 aliphatic rings. The molecule has 0 rings (SSSR count). The first-order chi connectivity index (χ1) is 11.9. The van der Waals surface area contributed by atoms with Crippen molar-refractivity contribution in [1.82, 2.24) is 0 Å². The second kappa shape index (κ2) is 11.2. The van der Waals surface area contributed by atoms with Crippen molar-refractivity contribution in [1.29, 1.82) is 0 Å². The summed E-state index contributed by atoms with van der Waals surface area (Å²) in [6, 6.07) is 0. The molecule has 0 spiro atoms. The Kier molecular flexibility index (Phi) is 10.9. The molecule has 26 heavy (non-hydrogen) atoms. The number of carbonyl (C=O) groups is 1. The van der Waals surface area contributed by atoms with Gasteiger partial charge in [-0.25, -0.2) is 4.79 Å². The molecule has 2 N–H and O–H groups in total. The third-order valence-corrected chi connectivity index (χ3v) is 11.4. The summed E-state index contributed by atoms with van der Waals surface area (Å²) >= 11 is 0. The summed E-state index contributed by atoms with van der Waals surface area (Å²) in [4.78, 5) is 11.6. The molecular formula is C20H40O5Si. The van der Waals surface area contributed by atoms with Crippen molar-refractivity contribution in [3.05, 3.63) is 12.7 Å². The second-order valence-corrected chi connectivity index (χ2v) is 13.5. The first kappa shape index (κ1) is 25.3. The maximum Gasteiger partial charge on any atom is 0.337 e. The van der Waals surface area contributed by atoms with Crippen molar-refractivity contribution in [2.45, 2.75) is 96.7 Å². The largest absolute Gasteiger partial charge is 0.464 e. The van der Waals surface area contributed by atoms with Crippen molar-refractivity contribution < 1.29 is 24.2 Å². The second-order valence-electron chi connectivity index (χ2n) is 8.11. The molecule has 0 aromatic carbocycles. The monoisotopic (exact) mass is 388 g/mol. The number of aliphatic hydroxyl groups is 2. The Morgan fingerprint density at radius 3 is 1.85 bits per heavy atom. The van der Waals surface area contributed by atoms with Crippen LogP contribution in [0.2, 0.25) is 16.6 Å². The van der Waals surface area contributed by atoms with Crippen LogP contribution in [-0.2, 0) is 14.0 Å². The summed E-state index contributed by atoms with van der Waals surface area (Å²) in [5, 5.41) is 20.2. The van der Waals surface area contributed by atoms with Gasteiger partial charge < -0.3 is 19.4 Å². The molecule has 0 saturated carbocycles. The smallest absolute Gasteiger partial charge is 0.337 e. The SMILES string of the molecule is C=C[C@H](O[Si](C(C)C)(C(C)C)C(C)C)[C@@H](C)C[C@H](O)[C@@H](O)C(=O)OCC. The number of carbonyl (C=O) groups excluding carboxylic acids is 1. The Morgan fingerprint density at radius 2 is 1.50 bits per heavy atom. The van der Waals surface area contributed by atoms with E-state index in [2.05, 4.69) is 48.1 Å². The van der Waals surface area contributed by atoms with Crippen LogP contribution in [-0.4, -0.2) is 49.4 Å². The quantitative estimate of drug-likeness (QED) is 0.300. The average Bonchev–Trinajstić information content (AvgIpc) is 2.53. The third-order valence-electron chi connectivity index (χ3n) is 5.35. The van der Waals surface area contributed by atoms with E-state index >= 15 is 0 Å². The molecule has 154 valence electrons. The molecule has 0 fully saturated rings. The van der Waals surface area contributed by atoms with Gasteiger partial charge in [0.2, 0.25) is 8.32 Å². The fourth-order valence-corrected chi connectivity index (χ4v) is 9.69. The molecule has 5 nitrogen and oxygen atoms in total. The number of ether oxygens (including phenoxy) is 1. The zero-order valence-electron chi connectivity index (χ0n) is 17.9. The highest BCUT2D eigenvalue weighted by molar-refractivity contribution is 6.77. The van der Waals surface area contributed by atoms with Crippen LogP contribution in [0.3, 0.4) is 0 Å². The zero-order chi connectivity index (χ0) is 20.7. The molecule has 0 saturated heterocycles. The maximum absolute atomic E-state index is 11.6. The number of esters is 1. The van der Waals surface area contributed by atoms with Gasteiger partial charge in [-0.2, -0.15) is 0 Å². The van der Waals surface area contributed by atoms with Crippen LogP contribution in [0.25, 0.3) is 0 Å². The van der Waals surface area contributed by atoms with Gasteiger partial charge in [0, 0.05) is 0 Å². The van der Waals surface area contributed by atoms with E-state index in [0.717, 1.165) is 0 Å². The fraction of sp³-hybridized carbons (Fsp3) is 0.850.